The Balaban J connectivity index is 1.98. The Morgan fingerprint density at radius 2 is 2.00 bits per heavy atom. The van der Waals surface area contributed by atoms with Crippen LogP contribution in [0.15, 0.2) is 24.3 Å². The molecule has 0 unspecified atom stereocenters. The SMILES string of the molecule is CN(CC1(O)CCCC1)c1nc(NN)nc2ccccc12. The maximum atomic E-state index is 10.6. The number of fused-ring (bicyclic) bond motifs is 1. The molecule has 0 aliphatic heterocycles. The first-order valence-corrected chi connectivity index (χ1v) is 7.28. The fraction of sp³-hybridized carbons (Fsp3) is 0.467. The summed E-state index contributed by atoms with van der Waals surface area (Å²) < 4.78 is 0. The first-order valence-electron chi connectivity index (χ1n) is 7.28. The van der Waals surface area contributed by atoms with Crippen molar-refractivity contribution in [3.8, 4) is 0 Å². The molecule has 0 radical (unpaired) electrons. The predicted octanol–water partition coefficient (Wildman–Crippen LogP) is 1.66. The summed E-state index contributed by atoms with van der Waals surface area (Å²) in [5.74, 6) is 6.63. The van der Waals surface area contributed by atoms with Gasteiger partial charge in [0, 0.05) is 19.0 Å². The van der Waals surface area contributed by atoms with Crippen molar-refractivity contribution in [1.29, 1.82) is 0 Å². The summed E-state index contributed by atoms with van der Waals surface area (Å²) in [6.45, 7) is 0.567. The van der Waals surface area contributed by atoms with Crippen LogP contribution in [-0.4, -0.2) is 34.3 Å². The van der Waals surface area contributed by atoms with E-state index >= 15 is 0 Å². The number of nitrogens with zero attached hydrogens (tertiary/aromatic N) is 3. The molecule has 0 amide bonds. The van der Waals surface area contributed by atoms with Crippen LogP contribution >= 0.6 is 0 Å². The molecule has 3 rings (SSSR count). The fourth-order valence-electron chi connectivity index (χ4n) is 3.12. The minimum atomic E-state index is -0.614. The predicted molar refractivity (Wildman–Crippen MR) is 84.0 cm³/mol. The highest BCUT2D eigenvalue weighted by atomic mass is 16.3. The number of anilines is 2. The molecule has 4 N–H and O–H groups in total. The highest BCUT2D eigenvalue weighted by Crippen LogP contribution is 2.32. The summed E-state index contributed by atoms with van der Waals surface area (Å²) in [4.78, 5) is 10.8. The van der Waals surface area contributed by atoms with E-state index in [1.54, 1.807) is 0 Å². The van der Waals surface area contributed by atoms with Crippen molar-refractivity contribution in [2.75, 3.05) is 23.9 Å². The molecule has 0 spiro atoms. The Morgan fingerprint density at radius 3 is 2.71 bits per heavy atom. The number of likely N-dealkylation sites (N-methyl/N-ethyl adjacent to an activating group) is 1. The number of rotatable bonds is 4. The topological polar surface area (TPSA) is 87.3 Å². The van der Waals surface area contributed by atoms with Crippen molar-refractivity contribution in [3.05, 3.63) is 24.3 Å². The average molecular weight is 287 g/mol. The zero-order valence-corrected chi connectivity index (χ0v) is 12.2. The molecule has 1 aliphatic carbocycles. The van der Waals surface area contributed by atoms with Crippen LogP contribution in [0.1, 0.15) is 25.7 Å². The van der Waals surface area contributed by atoms with Gasteiger partial charge in [0.1, 0.15) is 5.82 Å². The highest BCUT2D eigenvalue weighted by Gasteiger charge is 2.33. The second-order valence-corrected chi connectivity index (χ2v) is 5.82. The fourth-order valence-corrected chi connectivity index (χ4v) is 3.12. The van der Waals surface area contributed by atoms with Gasteiger partial charge in [-0.15, -0.1) is 0 Å². The first-order chi connectivity index (χ1) is 10.1. The Bertz CT molecular complexity index is 639. The van der Waals surface area contributed by atoms with Gasteiger partial charge < -0.3 is 10.0 Å². The van der Waals surface area contributed by atoms with Crippen LogP contribution in [0.25, 0.3) is 10.9 Å². The molecule has 0 bridgehead atoms. The average Bonchev–Trinajstić information content (AvgIpc) is 2.92. The number of aromatic nitrogens is 2. The summed E-state index contributed by atoms with van der Waals surface area (Å²) >= 11 is 0. The summed E-state index contributed by atoms with van der Waals surface area (Å²) in [7, 11) is 1.95. The van der Waals surface area contributed by atoms with Crippen molar-refractivity contribution in [2.24, 2.45) is 5.84 Å². The lowest BCUT2D eigenvalue weighted by Crippen LogP contribution is -2.39. The van der Waals surface area contributed by atoms with Crippen LogP contribution in [0.2, 0.25) is 0 Å². The summed E-state index contributed by atoms with van der Waals surface area (Å²) in [6.07, 6.45) is 3.87. The summed E-state index contributed by atoms with van der Waals surface area (Å²) in [6, 6.07) is 7.81. The second-order valence-electron chi connectivity index (χ2n) is 5.82. The molecule has 1 aromatic heterocycles. The number of nitrogens with two attached hydrogens (primary N) is 1. The number of para-hydroxylation sites is 1. The van der Waals surface area contributed by atoms with E-state index in [1.165, 1.54) is 0 Å². The van der Waals surface area contributed by atoms with Crippen molar-refractivity contribution in [1.82, 2.24) is 9.97 Å². The normalized spacial score (nSPS) is 17.1. The van der Waals surface area contributed by atoms with Crippen LogP contribution in [0.5, 0.6) is 0 Å². The third-order valence-electron chi connectivity index (χ3n) is 4.14. The molecule has 2 aromatic rings. The molecule has 1 saturated carbocycles. The molecular formula is C15H21N5O. The lowest BCUT2D eigenvalue weighted by Gasteiger charge is -2.30. The number of nitrogen functional groups attached to an aromatic ring is 1. The highest BCUT2D eigenvalue weighted by molar-refractivity contribution is 5.90. The third-order valence-corrected chi connectivity index (χ3v) is 4.14. The molecule has 1 aromatic carbocycles. The van der Waals surface area contributed by atoms with Gasteiger partial charge in [0.15, 0.2) is 0 Å². The Kier molecular flexibility index (Phi) is 3.65. The van der Waals surface area contributed by atoms with E-state index in [2.05, 4.69) is 15.4 Å². The van der Waals surface area contributed by atoms with E-state index in [0.29, 0.717) is 12.5 Å². The van der Waals surface area contributed by atoms with E-state index in [4.69, 9.17) is 5.84 Å². The zero-order valence-electron chi connectivity index (χ0n) is 12.2. The first kappa shape index (κ1) is 14.0. The Morgan fingerprint density at radius 1 is 1.29 bits per heavy atom. The molecule has 0 saturated heterocycles. The smallest absolute Gasteiger partial charge is 0.239 e. The number of benzene rings is 1. The monoisotopic (exact) mass is 287 g/mol. The second kappa shape index (κ2) is 5.46. The Hall–Kier alpha value is -1.92. The van der Waals surface area contributed by atoms with Crippen LogP contribution in [0.3, 0.4) is 0 Å². The number of hydrazine groups is 1. The van der Waals surface area contributed by atoms with Gasteiger partial charge in [-0.05, 0) is 25.0 Å². The molecule has 112 valence electrons. The minimum absolute atomic E-state index is 0.383. The van der Waals surface area contributed by atoms with Gasteiger partial charge in [-0.1, -0.05) is 25.0 Å². The van der Waals surface area contributed by atoms with Crippen LogP contribution in [-0.2, 0) is 0 Å². The van der Waals surface area contributed by atoms with E-state index in [-0.39, 0.29) is 0 Å². The van der Waals surface area contributed by atoms with Gasteiger partial charge in [0.05, 0.1) is 11.1 Å². The van der Waals surface area contributed by atoms with Gasteiger partial charge in [0.25, 0.3) is 0 Å². The number of nitrogens with one attached hydrogen (secondary N) is 1. The van der Waals surface area contributed by atoms with E-state index in [0.717, 1.165) is 42.4 Å². The molecule has 6 nitrogen and oxygen atoms in total. The summed E-state index contributed by atoms with van der Waals surface area (Å²) in [5.41, 5.74) is 2.73. The third kappa shape index (κ3) is 2.77. The van der Waals surface area contributed by atoms with Gasteiger partial charge in [-0.3, -0.25) is 5.43 Å². The van der Waals surface area contributed by atoms with Gasteiger partial charge in [0.2, 0.25) is 5.95 Å². The number of aliphatic hydroxyl groups is 1. The lowest BCUT2D eigenvalue weighted by molar-refractivity contribution is 0.0558. The van der Waals surface area contributed by atoms with Crippen molar-refractivity contribution >= 4 is 22.7 Å². The Labute approximate surface area is 124 Å². The molecule has 0 atom stereocenters. The van der Waals surface area contributed by atoms with Crippen LogP contribution < -0.4 is 16.2 Å². The molecule has 1 aliphatic rings. The standard InChI is InChI=1S/C15H21N5O/c1-20(10-15(21)8-4-5-9-15)13-11-6-2-3-7-12(11)17-14(18-13)19-16/h2-3,6-7,21H,4-5,8-10,16H2,1H3,(H,17,18,19). The maximum absolute atomic E-state index is 10.6. The molecule has 6 heteroatoms. The maximum Gasteiger partial charge on any atom is 0.239 e. The van der Waals surface area contributed by atoms with Crippen molar-refractivity contribution < 1.29 is 5.11 Å². The van der Waals surface area contributed by atoms with Gasteiger partial charge in [-0.2, -0.15) is 4.98 Å². The summed E-state index contributed by atoms with van der Waals surface area (Å²) in [5, 5.41) is 11.6. The van der Waals surface area contributed by atoms with Crippen LogP contribution in [0.4, 0.5) is 11.8 Å². The zero-order chi connectivity index (χ0) is 14.9. The molecule has 1 fully saturated rings. The van der Waals surface area contributed by atoms with Crippen molar-refractivity contribution in [2.45, 2.75) is 31.3 Å². The minimum Gasteiger partial charge on any atom is -0.388 e. The quantitative estimate of drug-likeness (QED) is 0.585. The number of hydrogen-bond acceptors (Lipinski definition) is 6. The number of hydrogen-bond donors (Lipinski definition) is 3. The largest absolute Gasteiger partial charge is 0.388 e. The van der Waals surface area contributed by atoms with E-state index < -0.39 is 5.60 Å². The molecule has 21 heavy (non-hydrogen) atoms. The lowest BCUT2D eigenvalue weighted by atomic mass is 10.0. The van der Waals surface area contributed by atoms with Crippen molar-refractivity contribution in [3.63, 3.8) is 0 Å². The van der Waals surface area contributed by atoms with Crippen LogP contribution in [0, 0.1) is 0 Å². The van der Waals surface area contributed by atoms with E-state index in [1.807, 2.05) is 36.2 Å². The van der Waals surface area contributed by atoms with Gasteiger partial charge in [-0.25, -0.2) is 10.8 Å². The van der Waals surface area contributed by atoms with Gasteiger partial charge >= 0.3 is 0 Å². The molecular weight excluding hydrogens is 266 g/mol. The molecule has 1 heterocycles. The van der Waals surface area contributed by atoms with E-state index in [9.17, 15) is 5.11 Å².